The molecule has 6 nitrogen and oxygen atoms in total. The first kappa shape index (κ1) is 15.3. The van der Waals surface area contributed by atoms with Gasteiger partial charge in [0, 0.05) is 12.5 Å². The molecule has 2 unspecified atom stereocenters. The molecule has 1 aliphatic rings. The molecule has 0 radical (unpaired) electrons. The minimum atomic E-state index is -1.09. The summed E-state index contributed by atoms with van der Waals surface area (Å²) in [6, 6.07) is 6.67. The number of aliphatic carboxylic acids is 1. The van der Waals surface area contributed by atoms with E-state index in [1.54, 1.807) is 24.3 Å². The number of hydrogen-bond acceptors (Lipinski definition) is 4. The van der Waals surface area contributed by atoms with Crippen molar-refractivity contribution in [3.8, 4) is 5.75 Å². The Morgan fingerprint density at radius 3 is 2.71 bits per heavy atom. The van der Waals surface area contributed by atoms with Crippen molar-refractivity contribution in [3.05, 3.63) is 24.3 Å². The number of hydrogen-bond donors (Lipinski definition) is 2. The van der Waals surface area contributed by atoms with E-state index in [9.17, 15) is 9.59 Å². The maximum Gasteiger partial charge on any atom is 0.346 e. The summed E-state index contributed by atoms with van der Waals surface area (Å²) in [6.45, 7) is 3.90. The van der Waals surface area contributed by atoms with Crippen LogP contribution in [0.2, 0.25) is 0 Å². The Morgan fingerprint density at radius 1 is 1.43 bits per heavy atom. The third-order valence-corrected chi connectivity index (χ3v) is 3.62. The summed E-state index contributed by atoms with van der Waals surface area (Å²) < 4.78 is 5.40. The van der Waals surface area contributed by atoms with Gasteiger partial charge in [-0.15, -0.1) is 0 Å². The van der Waals surface area contributed by atoms with E-state index >= 15 is 0 Å². The number of carbonyl (C=O) groups is 2. The van der Waals surface area contributed by atoms with Crippen molar-refractivity contribution in [2.24, 2.45) is 11.7 Å². The lowest BCUT2D eigenvalue weighted by molar-refractivity contribution is -0.145. The average molecular weight is 292 g/mol. The Labute approximate surface area is 123 Å². The lowest BCUT2D eigenvalue weighted by Gasteiger charge is -2.33. The van der Waals surface area contributed by atoms with Gasteiger partial charge in [0.05, 0.1) is 12.2 Å². The second-order valence-electron chi connectivity index (χ2n) is 5.53. The van der Waals surface area contributed by atoms with Crippen LogP contribution in [0, 0.1) is 5.92 Å². The van der Waals surface area contributed by atoms with Crippen molar-refractivity contribution in [3.63, 3.8) is 0 Å². The summed E-state index contributed by atoms with van der Waals surface area (Å²) in [7, 11) is 0. The Kier molecular flexibility index (Phi) is 4.47. The van der Waals surface area contributed by atoms with Gasteiger partial charge in [-0.1, -0.05) is 26.0 Å². The molecule has 0 fully saturated rings. The third-order valence-electron chi connectivity index (χ3n) is 3.62. The van der Waals surface area contributed by atoms with Crippen LogP contribution >= 0.6 is 0 Å². The van der Waals surface area contributed by atoms with Gasteiger partial charge in [0.1, 0.15) is 5.75 Å². The highest BCUT2D eigenvalue weighted by molar-refractivity contribution is 5.97. The molecule has 0 aliphatic carbocycles. The zero-order valence-electron chi connectivity index (χ0n) is 12.2. The summed E-state index contributed by atoms with van der Waals surface area (Å²) in [5.74, 6) is -0.684. The summed E-state index contributed by atoms with van der Waals surface area (Å²) >= 11 is 0. The first-order valence-corrected chi connectivity index (χ1v) is 6.94. The molecule has 1 aromatic carbocycles. The molecule has 6 heteroatoms. The Bertz CT molecular complexity index is 544. The summed E-state index contributed by atoms with van der Waals surface area (Å²) in [5.41, 5.74) is 6.54. The number of ether oxygens (including phenoxy) is 1. The van der Waals surface area contributed by atoms with E-state index in [-0.39, 0.29) is 30.8 Å². The zero-order valence-corrected chi connectivity index (χ0v) is 12.2. The number of benzene rings is 1. The molecule has 1 amide bonds. The first-order chi connectivity index (χ1) is 9.90. The van der Waals surface area contributed by atoms with E-state index < -0.39 is 12.1 Å². The summed E-state index contributed by atoms with van der Waals surface area (Å²) in [6.07, 6.45) is -0.877. The van der Waals surface area contributed by atoms with Crippen molar-refractivity contribution in [2.45, 2.75) is 32.4 Å². The number of carbonyl (C=O) groups excluding carboxylic acids is 1. The van der Waals surface area contributed by atoms with Crippen molar-refractivity contribution in [1.82, 2.24) is 0 Å². The van der Waals surface area contributed by atoms with Crippen LogP contribution in [0.25, 0.3) is 0 Å². The molecule has 1 heterocycles. The Hall–Kier alpha value is -2.08. The van der Waals surface area contributed by atoms with Gasteiger partial charge in [-0.2, -0.15) is 0 Å². The molecule has 3 N–H and O–H groups in total. The molecule has 0 saturated heterocycles. The molecular formula is C15H20N2O4. The second kappa shape index (κ2) is 6.13. The molecule has 2 rings (SSSR count). The fraction of sp³-hybridized carbons (Fsp3) is 0.467. The maximum atomic E-state index is 12.4. The monoisotopic (exact) mass is 292 g/mol. The molecule has 1 aromatic rings. The quantitative estimate of drug-likeness (QED) is 0.871. The first-order valence-electron chi connectivity index (χ1n) is 6.94. The molecule has 0 bridgehead atoms. The van der Waals surface area contributed by atoms with Gasteiger partial charge in [-0.25, -0.2) is 4.79 Å². The lowest BCUT2D eigenvalue weighted by Crippen LogP contribution is -2.48. The topological polar surface area (TPSA) is 92.9 Å². The highest BCUT2D eigenvalue weighted by Crippen LogP contribution is 2.33. The van der Waals surface area contributed by atoms with Crippen LogP contribution in [0.15, 0.2) is 24.3 Å². The largest absolute Gasteiger partial charge is 0.478 e. The third kappa shape index (κ3) is 3.33. The van der Waals surface area contributed by atoms with Crippen LogP contribution in [-0.2, 0) is 9.59 Å². The van der Waals surface area contributed by atoms with Gasteiger partial charge in [0.2, 0.25) is 12.0 Å². The second-order valence-corrected chi connectivity index (χ2v) is 5.53. The van der Waals surface area contributed by atoms with Gasteiger partial charge in [-0.3, -0.25) is 4.79 Å². The smallest absolute Gasteiger partial charge is 0.346 e. The van der Waals surface area contributed by atoms with Crippen LogP contribution < -0.4 is 15.4 Å². The number of amides is 1. The fourth-order valence-electron chi connectivity index (χ4n) is 2.15. The van der Waals surface area contributed by atoms with Crippen molar-refractivity contribution >= 4 is 17.6 Å². The van der Waals surface area contributed by atoms with Crippen molar-refractivity contribution in [2.75, 3.05) is 11.4 Å². The molecule has 114 valence electrons. The van der Waals surface area contributed by atoms with Crippen molar-refractivity contribution < 1.29 is 19.4 Å². The number of nitrogens with zero attached hydrogens (tertiary/aromatic N) is 1. The van der Waals surface area contributed by atoms with E-state index in [0.717, 1.165) is 0 Å². The molecule has 0 saturated carbocycles. The summed E-state index contributed by atoms with van der Waals surface area (Å²) in [5, 5.41) is 9.15. The number of carboxylic acids is 1. The number of nitrogens with two attached hydrogens (primary N) is 1. The van der Waals surface area contributed by atoms with E-state index in [1.807, 2.05) is 13.8 Å². The minimum absolute atomic E-state index is 0.00397. The van der Waals surface area contributed by atoms with Gasteiger partial charge in [0.25, 0.3) is 0 Å². The van der Waals surface area contributed by atoms with Crippen LogP contribution in [-0.4, -0.2) is 35.7 Å². The number of fused-ring (bicyclic) bond motifs is 1. The minimum Gasteiger partial charge on any atom is -0.478 e. The van der Waals surface area contributed by atoms with E-state index in [2.05, 4.69) is 0 Å². The van der Waals surface area contributed by atoms with Gasteiger partial charge in [0.15, 0.2) is 0 Å². The SMILES string of the molecule is CC(C)C(N)CC(=O)N1CC(C(=O)O)Oc2ccccc21. The van der Waals surface area contributed by atoms with Gasteiger partial charge >= 0.3 is 5.97 Å². The zero-order chi connectivity index (χ0) is 15.6. The number of anilines is 1. The molecule has 1 aliphatic heterocycles. The fourth-order valence-corrected chi connectivity index (χ4v) is 2.15. The van der Waals surface area contributed by atoms with Crippen LogP contribution in [0.4, 0.5) is 5.69 Å². The molecule has 2 atom stereocenters. The Morgan fingerprint density at radius 2 is 2.10 bits per heavy atom. The van der Waals surface area contributed by atoms with Crippen LogP contribution in [0.1, 0.15) is 20.3 Å². The van der Waals surface area contributed by atoms with E-state index in [1.165, 1.54) is 4.90 Å². The van der Waals surface area contributed by atoms with Crippen LogP contribution in [0.3, 0.4) is 0 Å². The Balaban J connectivity index is 2.25. The molecule has 21 heavy (non-hydrogen) atoms. The molecule has 0 aromatic heterocycles. The average Bonchev–Trinajstić information content (AvgIpc) is 2.45. The van der Waals surface area contributed by atoms with Crippen LogP contribution in [0.5, 0.6) is 5.75 Å². The standard InChI is InChI=1S/C15H20N2O4/c1-9(2)10(16)7-14(18)17-8-13(15(19)20)21-12-6-4-3-5-11(12)17/h3-6,9-10,13H,7-8,16H2,1-2H3,(H,19,20). The molecular weight excluding hydrogens is 272 g/mol. The highest BCUT2D eigenvalue weighted by Gasteiger charge is 2.34. The number of rotatable bonds is 4. The lowest BCUT2D eigenvalue weighted by atomic mass is 10.0. The molecule has 0 spiro atoms. The normalized spacial score (nSPS) is 18.9. The van der Waals surface area contributed by atoms with Gasteiger partial charge < -0.3 is 20.5 Å². The number of carboxylic acid groups (broad SMARTS) is 1. The predicted octanol–water partition coefficient (Wildman–Crippen LogP) is 1.24. The van der Waals surface area contributed by atoms with Crippen molar-refractivity contribution in [1.29, 1.82) is 0 Å². The van der Waals surface area contributed by atoms with E-state index in [0.29, 0.717) is 11.4 Å². The summed E-state index contributed by atoms with van der Waals surface area (Å²) in [4.78, 5) is 25.1. The highest BCUT2D eigenvalue weighted by atomic mass is 16.5. The maximum absolute atomic E-state index is 12.4. The van der Waals surface area contributed by atoms with Gasteiger partial charge in [-0.05, 0) is 18.1 Å². The number of para-hydroxylation sites is 2. The predicted molar refractivity (Wildman–Crippen MR) is 78.3 cm³/mol. The van der Waals surface area contributed by atoms with E-state index in [4.69, 9.17) is 15.6 Å².